The normalized spacial score (nSPS) is 34.3. The SMILES string of the molecule is COc1ccc2c3c1OC1c4[nH]cc(C)c4CC4C(C2)N(C)CCC314. The molecule has 25 heavy (non-hydrogen) atoms. The second kappa shape index (κ2) is 4.42. The molecule has 2 aromatic rings. The van der Waals surface area contributed by atoms with E-state index in [-0.39, 0.29) is 11.5 Å². The Labute approximate surface area is 148 Å². The molecule has 1 spiro atoms. The fourth-order valence-corrected chi connectivity index (χ4v) is 6.37. The first-order valence-corrected chi connectivity index (χ1v) is 9.39. The van der Waals surface area contributed by atoms with Gasteiger partial charge in [-0.3, -0.25) is 0 Å². The number of nitrogens with zero attached hydrogens (tertiary/aromatic N) is 1. The van der Waals surface area contributed by atoms with Crippen LogP contribution in [0.3, 0.4) is 0 Å². The maximum atomic E-state index is 6.70. The Morgan fingerprint density at radius 2 is 2.20 bits per heavy atom. The Kier molecular flexibility index (Phi) is 2.52. The largest absolute Gasteiger partial charge is 0.493 e. The van der Waals surface area contributed by atoms with Gasteiger partial charge in [0.2, 0.25) is 0 Å². The molecule has 1 aromatic carbocycles. The van der Waals surface area contributed by atoms with E-state index in [1.165, 1.54) is 34.4 Å². The minimum Gasteiger partial charge on any atom is -0.493 e. The fourth-order valence-electron chi connectivity index (χ4n) is 6.37. The zero-order valence-corrected chi connectivity index (χ0v) is 15.1. The number of likely N-dealkylation sites (N-methyl/N-ethyl adjacent to an activating group) is 1. The lowest BCUT2D eigenvalue weighted by molar-refractivity contribution is -0.0256. The average molecular weight is 336 g/mol. The third-order valence-corrected chi connectivity index (χ3v) is 7.53. The van der Waals surface area contributed by atoms with E-state index in [1.807, 2.05) is 0 Å². The van der Waals surface area contributed by atoms with Crippen LogP contribution in [0.4, 0.5) is 0 Å². The Hall–Kier alpha value is -1.94. The van der Waals surface area contributed by atoms with Crippen LogP contribution in [0.2, 0.25) is 0 Å². The average Bonchev–Trinajstić information content (AvgIpc) is 3.15. The lowest BCUT2D eigenvalue weighted by atomic mass is 9.51. The number of aromatic nitrogens is 1. The number of hydrogen-bond acceptors (Lipinski definition) is 3. The van der Waals surface area contributed by atoms with E-state index >= 15 is 0 Å². The minimum absolute atomic E-state index is 0.108. The van der Waals surface area contributed by atoms with Crippen molar-refractivity contribution >= 4 is 0 Å². The second-order valence-corrected chi connectivity index (χ2v) is 8.35. The number of methoxy groups -OCH3 is 1. The summed E-state index contributed by atoms with van der Waals surface area (Å²) in [5.41, 5.74) is 7.22. The summed E-state index contributed by atoms with van der Waals surface area (Å²) in [4.78, 5) is 6.15. The summed E-state index contributed by atoms with van der Waals surface area (Å²) in [6.45, 7) is 3.37. The molecule has 4 aliphatic rings. The number of piperidine rings is 1. The highest BCUT2D eigenvalue weighted by molar-refractivity contribution is 5.63. The monoisotopic (exact) mass is 336 g/mol. The number of aromatic amines is 1. The Balaban J connectivity index is 1.69. The molecule has 1 N–H and O–H groups in total. The fraction of sp³-hybridized carbons (Fsp3) is 0.524. The Bertz CT molecular complexity index is 902. The van der Waals surface area contributed by atoms with E-state index in [9.17, 15) is 0 Å². The van der Waals surface area contributed by atoms with Crippen molar-refractivity contribution in [2.45, 2.75) is 43.7 Å². The number of aryl methyl sites for hydroxylation is 1. The van der Waals surface area contributed by atoms with Gasteiger partial charge >= 0.3 is 0 Å². The minimum atomic E-state index is 0.108. The van der Waals surface area contributed by atoms with Gasteiger partial charge in [0, 0.05) is 23.2 Å². The van der Waals surface area contributed by atoms with E-state index in [0.29, 0.717) is 12.0 Å². The van der Waals surface area contributed by atoms with Crippen LogP contribution in [0.1, 0.15) is 40.5 Å². The van der Waals surface area contributed by atoms with Crippen molar-refractivity contribution in [3.05, 3.63) is 46.3 Å². The molecule has 1 fully saturated rings. The maximum absolute atomic E-state index is 6.70. The zero-order chi connectivity index (χ0) is 16.9. The van der Waals surface area contributed by atoms with E-state index in [0.717, 1.165) is 30.9 Å². The molecule has 2 aliphatic heterocycles. The van der Waals surface area contributed by atoms with Gasteiger partial charge < -0.3 is 19.4 Å². The molecule has 2 aliphatic carbocycles. The number of benzene rings is 1. The summed E-state index contributed by atoms with van der Waals surface area (Å²) in [7, 11) is 4.06. The molecule has 4 heteroatoms. The second-order valence-electron chi connectivity index (χ2n) is 8.35. The Morgan fingerprint density at radius 1 is 1.32 bits per heavy atom. The van der Waals surface area contributed by atoms with E-state index in [4.69, 9.17) is 9.47 Å². The molecule has 2 bridgehead atoms. The molecule has 4 unspecified atom stereocenters. The molecule has 4 nitrogen and oxygen atoms in total. The van der Waals surface area contributed by atoms with Gasteiger partial charge in [-0.25, -0.2) is 0 Å². The van der Waals surface area contributed by atoms with Gasteiger partial charge in [-0.05, 0) is 68.5 Å². The lowest BCUT2D eigenvalue weighted by Crippen LogP contribution is -2.62. The molecule has 130 valence electrons. The van der Waals surface area contributed by atoms with Crippen LogP contribution in [0.15, 0.2) is 18.3 Å². The summed E-state index contributed by atoms with van der Waals surface area (Å²) >= 11 is 0. The number of hydrogen-bond donors (Lipinski definition) is 1. The highest BCUT2D eigenvalue weighted by Crippen LogP contribution is 2.67. The summed E-state index contributed by atoms with van der Waals surface area (Å²) in [6, 6.07) is 4.98. The van der Waals surface area contributed by atoms with E-state index in [1.54, 1.807) is 7.11 Å². The van der Waals surface area contributed by atoms with Gasteiger partial charge in [-0.2, -0.15) is 0 Å². The van der Waals surface area contributed by atoms with Crippen LogP contribution >= 0.6 is 0 Å². The zero-order valence-electron chi connectivity index (χ0n) is 15.1. The number of rotatable bonds is 1. The van der Waals surface area contributed by atoms with Crippen molar-refractivity contribution in [3.8, 4) is 11.5 Å². The lowest BCUT2D eigenvalue weighted by Gasteiger charge is -2.57. The topological polar surface area (TPSA) is 37.5 Å². The highest BCUT2D eigenvalue weighted by atomic mass is 16.5. The molecular formula is C21H24N2O2. The number of nitrogens with one attached hydrogen (secondary N) is 1. The standard InChI is InChI=1S/C21H24N2O2/c1-11-10-22-18-13(11)9-14-15-8-12-4-5-16(24-3)19-17(12)21(14,20(18)25-19)6-7-23(15)2/h4-5,10,14-15,20,22H,6-9H2,1-3H3. The van der Waals surface area contributed by atoms with Crippen LogP contribution in [0, 0.1) is 12.8 Å². The molecule has 1 aromatic heterocycles. The predicted octanol–water partition coefficient (Wildman–Crippen LogP) is 3.14. The summed E-state index contributed by atoms with van der Waals surface area (Å²) in [5, 5.41) is 0. The van der Waals surface area contributed by atoms with Gasteiger partial charge in [0.15, 0.2) is 11.5 Å². The van der Waals surface area contributed by atoms with Crippen LogP contribution in [-0.4, -0.2) is 36.6 Å². The first kappa shape index (κ1) is 14.3. The van der Waals surface area contributed by atoms with E-state index < -0.39 is 0 Å². The van der Waals surface area contributed by atoms with Crippen molar-refractivity contribution in [1.29, 1.82) is 0 Å². The summed E-state index contributed by atoms with van der Waals surface area (Å²) in [5.74, 6) is 2.53. The van der Waals surface area contributed by atoms with Crippen molar-refractivity contribution in [2.75, 3.05) is 20.7 Å². The number of likely N-dealkylation sites (tertiary alicyclic amines) is 1. The molecule has 0 amide bonds. The van der Waals surface area contributed by atoms with Gasteiger partial charge in [0.05, 0.1) is 12.8 Å². The Morgan fingerprint density at radius 3 is 3.04 bits per heavy atom. The van der Waals surface area contributed by atoms with Crippen molar-refractivity contribution < 1.29 is 9.47 Å². The molecule has 1 saturated heterocycles. The van der Waals surface area contributed by atoms with Gasteiger partial charge in [-0.1, -0.05) is 6.07 Å². The molecule has 0 radical (unpaired) electrons. The van der Waals surface area contributed by atoms with Crippen molar-refractivity contribution in [2.24, 2.45) is 5.92 Å². The predicted molar refractivity (Wildman–Crippen MR) is 95.5 cm³/mol. The van der Waals surface area contributed by atoms with Crippen molar-refractivity contribution in [3.63, 3.8) is 0 Å². The maximum Gasteiger partial charge on any atom is 0.166 e. The third-order valence-electron chi connectivity index (χ3n) is 7.53. The summed E-state index contributed by atoms with van der Waals surface area (Å²) in [6.07, 6.45) is 5.73. The third kappa shape index (κ3) is 1.46. The van der Waals surface area contributed by atoms with Crippen LogP contribution in [0.25, 0.3) is 0 Å². The first-order valence-electron chi connectivity index (χ1n) is 9.39. The molecule has 0 saturated carbocycles. The van der Waals surface area contributed by atoms with Gasteiger partial charge in [0.25, 0.3) is 0 Å². The quantitative estimate of drug-likeness (QED) is 0.869. The number of H-pyrrole nitrogens is 1. The van der Waals surface area contributed by atoms with Crippen LogP contribution < -0.4 is 9.47 Å². The summed E-state index contributed by atoms with van der Waals surface area (Å²) < 4.78 is 12.4. The highest BCUT2D eigenvalue weighted by Gasteiger charge is 2.65. The molecule has 4 atom stereocenters. The molecular weight excluding hydrogens is 312 g/mol. The van der Waals surface area contributed by atoms with Crippen molar-refractivity contribution in [1.82, 2.24) is 9.88 Å². The number of ether oxygens (including phenoxy) is 2. The smallest absolute Gasteiger partial charge is 0.166 e. The van der Waals surface area contributed by atoms with Gasteiger partial charge in [0.1, 0.15) is 6.10 Å². The first-order chi connectivity index (χ1) is 12.1. The van der Waals surface area contributed by atoms with Crippen LogP contribution in [-0.2, 0) is 18.3 Å². The molecule has 3 heterocycles. The van der Waals surface area contributed by atoms with E-state index in [2.05, 4.69) is 42.2 Å². The molecule has 6 rings (SSSR count). The van der Waals surface area contributed by atoms with Crippen LogP contribution in [0.5, 0.6) is 11.5 Å². The number of fused-ring (bicyclic) bond motifs is 2. The van der Waals surface area contributed by atoms with Gasteiger partial charge in [-0.15, -0.1) is 0 Å².